The molecule has 6 nitrogen and oxygen atoms in total. The molecule has 0 aliphatic carbocycles. The molecule has 0 spiro atoms. The molecule has 1 aromatic carbocycles. The maximum absolute atomic E-state index is 13.2. The first kappa shape index (κ1) is 19.8. The van der Waals surface area contributed by atoms with Gasteiger partial charge in [0.25, 0.3) is 5.56 Å². The molecular formula is C21H22N4O2S2. The number of hydrogen-bond donors (Lipinski definition) is 0. The summed E-state index contributed by atoms with van der Waals surface area (Å²) >= 11 is 3.04. The van der Waals surface area contributed by atoms with Gasteiger partial charge in [-0.2, -0.15) is 0 Å². The first-order chi connectivity index (χ1) is 14.1. The van der Waals surface area contributed by atoms with Crippen molar-refractivity contribution in [3.63, 3.8) is 0 Å². The standard InChI is InChI=1S/C21H22N4O2S2/c1-4-5-11-25-20(26)17-13(2)14(3)29-19(17)22-21(25)28-12-16-23-24-18(27-16)15-9-7-6-8-10-15/h6-10H,4-5,11-12H2,1-3H3. The summed E-state index contributed by atoms with van der Waals surface area (Å²) in [6, 6.07) is 9.69. The molecule has 3 aromatic heterocycles. The smallest absolute Gasteiger partial charge is 0.263 e. The van der Waals surface area contributed by atoms with Crippen molar-refractivity contribution in [3.05, 3.63) is 57.0 Å². The molecule has 0 bridgehead atoms. The van der Waals surface area contributed by atoms with Crippen LogP contribution in [0.4, 0.5) is 0 Å². The van der Waals surface area contributed by atoms with Crippen LogP contribution in [0.1, 0.15) is 36.1 Å². The van der Waals surface area contributed by atoms with Gasteiger partial charge >= 0.3 is 0 Å². The van der Waals surface area contributed by atoms with Crippen LogP contribution in [-0.2, 0) is 12.3 Å². The fourth-order valence-corrected chi connectivity index (χ4v) is 5.00. The van der Waals surface area contributed by atoms with Gasteiger partial charge in [0.05, 0.1) is 11.1 Å². The van der Waals surface area contributed by atoms with Gasteiger partial charge in [0, 0.05) is 17.0 Å². The van der Waals surface area contributed by atoms with Crippen LogP contribution in [0.3, 0.4) is 0 Å². The minimum absolute atomic E-state index is 0.0447. The second kappa shape index (κ2) is 8.51. The largest absolute Gasteiger partial charge is 0.420 e. The monoisotopic (exact) mass is 426 g/mol. The average molecular weight is 427 g/mol. The normalized spacial score (nSPS) is 11.4. The fraction of sp³-hybridized carbons (Fsp3) is 0.333. The zero-order chi connectivity index (χ0) is 20.4. The van der Waals surface area contributed by atoms with Crippen molar-refractivity contribution in [1.82, 2.24) is 19.7 Å². The van der Waals surface area contributed by atoms with Crippen LogP contribution in [0.25, 0.3) is 21.7 Å². The molecule has 3 heterocycles. The van der Waals surface area contributed by atoms with Gasteiger partial charge in [0.15, 0.2) is 5.16 Å². The lowest BCUT2D eigenvalue weighted by Crippen LogP contribution is -2.23. The van der Waals surface area contributed by atoms with E-state index in [1.54, 1.807) is 15.9 Å². The lowest BCUT2D eigenvalue weighted by atomic mass is 10.2. The molecule has 0 N–H and O–H groups in total. The lowest BCUT2D eigenvalue weighted by molar-refractivity contribution is 0.526. The fourth-order valence-electron chi connectivity index (χ4n) is 3.07. The van der Waals surface area contributed by atoms with Crippen molar-refractivity contribution in [2.24, 2.45) is 0 Å². The van der Waals surface area contributed by atoms with E-state index in [-0.39, 0.29) is 5.56 Å². The summed E-state index contributed by atoms with van der Waals surface area (Å²) in [7, 11) is 0. The number of aromatic nitrogens is 4. The van der Waals surface area contributed by atoms with Crippen molar-refractivity contribution in [3.8, 4) is 11.5 Å². The highest BCUT2D eigenvalue weighted by molar-refractivity contribution is 7.98. The van der Waals surface area contributed by atoms with Crippen LogP contribution in [-0.4, -0.2) is 19.7 Å². The van der Waals surface area contributed by atoms with Gasteiger partial charge < -0.3 is 4.42 Å². The van der Waals surface area contributed by atoms with E-state index in [1.165, 1.54) is 11.8 Å². The molecule has 0 amide bonds. The first-order valence-corrected chi connectivity index (χ1v) is 11.4. The summed E-state index contributed by atoms with van der Waals surface area (Å²) in [6.07, 6.45) is 1.95. The maximum atomic E-state index is 13.2. The summed E-state index contributed by atoms with van der Waals surface area (Å²) < 4.78 is 7.59. The van der Waals surface area contributed by atoms with Crippen molar-refractivity contribution in [2.45, 2.75) is 51.1 Å². The quantitative estimate of drug-likeness (QED) is 0.298. The van der Waals surface area contributed by atoms with E-state index in [1.807, 2.05) is 44.2 Å². The van der Waals surface area contributed by atoms with Gasteiger partial charge in [-0.15, -0.1) is 21.5 Å². The Morgan fingerprint density at radius 1 is 1.17 bits per heavy atom. The van der Waals surface area contributed by atoms with Crippen LogP contribution in [0, 0.1) is 13.8 Å². The highest BCUT2D eigenvalue weighted by Gasteiger charge is 2.18. The highest BCUT2D eigenvalue weighted by Crippen LogP contribution is 2.30. The van der Waals surface area contributed by atoms with E-state index in [0.717, 1.165) is 39.1 Å². The number of hydrogen-bond acceptors (Lipinski definition) is 7. The molecule has 0 radical (unpaired) electrons. The minimum Gasteiger partial charge on any atom is -0.420 e. The topological polar surface area (TPSA) is 73.8 Å². The third kappa shape index (κ3) is 4.00. The van der Waals surface area contributed by atoms with Crippen LogP contribution in [0.15, 0.2) is 44.7 Å². The van der Waals surface area contributed by atoms with Crippen LogP contribution >= 0.6 is 23.1 Å². The van der Waals surface area contributed by atoms with Gasteiger partial charge in [-0.3, -0.25) is 9.36 Å². The van der Waals surface area contributed by atoms with Gasteiger partial charge in [0.1, 0.15) is 4.83 Å². The Labute approximate surface area is 177 Å². The summed E-state index contributed by atoms with van der Waals surface area (Å²) in [6.45, 7) is 6.81. The minimum atomic E-state index is 0.0447. The zero-order valence-corrected chi connectivity index (χ0v) is 18.3. The number of unbranched alkanes of at least 4 members (excludes halogenated alkanes) is 1. The molecular weight excluding hydrogens is 404 g/mol. The molecule has 0 aliphatic heterocycles. The van der Waals surface area contributed by atoms with Crippen molar-refractivity contribution in [1.29, 1.82) is 0 Å². The van der Waals surface area contributed by atoms with Gasteiger partial charge in [0.2, 0.25) is 11.8 Å². The predicted molar refractivity (Wildman–Crippen MR) is 118 cm³/mol. The third-order valence-electron chi connectivity index (χ3n) is 4.80. The zero-order valence-electron chi connectivity index (χ0n) is 16.6. The molecule has 29 heavy (non-hydrogen) atoms. The Balaban J connectivity index is 1.63. The number of benzene rings is 1. The molecule has 0 saturated carbocycles. The molecule has 4 aromatic rings. The third-order valence-corrected chi connectivity index (χ3v) is 6.86. The van der Waals surface area contributed by atoms with Crippen LogP contribution in [0.5, 0.6) is 0 Å². The number of thiophene rings is 1. The Kier molecular flexibility index (Phi) is 5.82. The number of rotatable bonds is 7. The van der Waals surface area contributed by atoms with E-state index in [2.05, 4.69) is 17.1 Å². The second-order valence-electron chi connectivity index (χ2n) is 6.82. The summed E-state index contributed by atoms with van der Waals surface area (Å²) in [4.78, 5) is 19.9. The Morgan fingerprint density at radius 3 is 2.72 bits per heavy atom. The molecule has 0 aliphatic rings. The van der Waals surface area contributed by atoms with E-state index >= 15 is 0 Å². The molecule has 0 fully saturated rings. The summed E-state index contributed by atoms with van der Waals surface area (Å²) in [5.41, 5.74) is 1.97. The first-order valence-electron chi connectivity index (χ1n) is 9.59. The van der Waals surface area contributed by atoms with Gasteiger partial charge in [-0.1, -0.05) is 43.3 Å². The van der Waals surface area contributed by atoms with E-state index in [9.17, 15) is 4.79 Å². The Morgan fingerprint density at radius 2 is 1.97 bits per heavy atom. The molecule has 4 rings (SSSR count). The molecule has 150 valence electrons. The molecule has 0 unspecified atom stereocenters. The van der Waals surface area contributed by atoms with E-state index in [4.69, 9.17) is 9.40 Å². The van der Waals surface area contributed by atoms with Crippen molar-refractivity contribution in [2.75, 3.05) is 0 Å². The molecule has 0 saturated heterocycles. The number of nitrogens with zero attached hydrogens (tertiary/aromatic N) is 4. The number of aryl methyl sites for hydroxylation is 2. The Bertz CT molecular complexity index is 1190. The van der Waals surface area contributed by atoms with Gasteiger partial charge in [-0.05, 0) is 38.0 Å². The van der Waals surface area contributed by atoms with Crippen LogP contribution in [0.2, 0.25) is 0 Å². The summed E-state index contributed by atoms with van der Waals surface area (Å²) in [5.74, 6) is 1.48. The SMILES string of the molecule is CCCCn1c(SCc2nnc(-c3ccccc3)o2)nc2sc(C)c(C)c2c1=O. The number of fused-ring (bicyclic) bond motifs is 1. The average Bonchev–Trinajstić information content (AvgIpc) is 3.31. The lowest BCUT2D eigenvalue weighted by Gasteiger charge is -2.11. The Hall–Kier alpha value is -2.45. The predicted octanol–water partition coefficient (Wildman–Crippen LogP) is 5.22. The van der Waals surface area contributed by atoms with Crippen LogP contribution < -0.4 is 5.56 Å². The molecule has 8 heteroatoms. The van der Waals surface area contributed by atoms with E-state index in [0.29, 0.717) is 29.2 Å². The van der Waals surface area contributed by atoms with Crippen molar-refractivity contribution >= 4 is 33.3 Å². The van der Waals surface area contributed by atoms with Crippen molar-refractivity contribution < 1.29 is 4.42 Å². The summed E-state index contributed by atoms with van der Waals surface area (Å²) in [5, 5.41) is 9.74. The maximum Gasteiger partial charge on any atom is 0.263 e. The van der Waals surface area contributed by atoms with E-state index < -0.39 is 0 Å². The highest BCUT2D eigenvalue weighted by atomic mass is 32.2. The second-order valence-corrected chi connectivity index (χ2v) is 8.97. The van der Waals surface area contributed by atoms with Gasteiger partial charge in [-0.25, -0.2) is 4.98 Å². The number of thioether (sulfide) groups is 1. The molecule has 0 atom stereocenters.